The van der Waals surface area contributed by atoms with E-state index in [4.69, 9.17) is 0 Å². The molecule has 0 atom stereocenters. The second kappa shape index (κ2) is 5.00. The van der Waals surface area contributed by atoms with Crippen LogP contribution in [0.3, 0.4) is 0 Å². The van der Waals surface area contributed by atoms with Crippen molar-refractivity contribution in [3.05, 3.63) is 60.7 Å². The lowest BCUT2D eigenvalue weighted by atomic mass is 10.2. The number of aromatic nitrogens is 1. The highest BCUT2D eigenvalue weighted by Crippen LogP contribution is 2.44. The molecule has 3 rings (SSSR count). The fourth-order valence-electron chi connectivity index (χ4n) is 2.65. The van der Waals surface area contributed by atoms with Gasteiger partial charge in [-0.3, -0.25) is 9.88 Å². The van der Waals surface area contributed by atoms with E-state index in [9.17, 15) is 0 Å². The number of rotatable bonds is 3. The molecule has 3 nitrogen and oxygen atoms in total. The normalized spacial score (nSPS) is 13.8. The lowest BCUT2D eigenvalue weighted by Gasteiger charge is -2.22. The van der Waals surface area contributed by atoms with Gasteiger partial charge in [-0.25, -0.2) is 0 Å². The summed E-state index contributed by atoms with van der Waals surface area (Å²) in [6.45, 7) is 6.39. The van der Waals surface area contributed by atoms with Crippen LogP contribution in [0.2, 0.25) is 0 Å². The molecule has 1 aliphatic heterocycles. The fourth-order valence-corrected chi connectivity index (χ4v) is 2.65. The van der Waals surface area contributed by atoms with Crippen LogP contribution in [0.25, 0.3) is 0 Å². The molecule has 0 saturated carbocycles. The molecule has 0 unspecified atom stereocenters. The molecule has 20 heavy (non-hydrogen) atoms. The highest BCUT2D eigenvalue weighted by Gasteiger charge is 2.28. The van der Waals surface area contributed by atoms with E-state index in [2.05, 4.69) is 65.7 Å². The van der Waals surface area contributed by atoms with Crippen molar-refractivity contribution in [1.82, 2.24) is 4.98 Å². The Balaban J connectivity index is 2.06. The molecule has 102 valence electrons. The van der Waals surface area contributed by atoms with E-state index in [1.54, 1.807) is 0 Å². The Morgan fingerprint density at radius 2 is 1.90 bits per heavy atom. The summed E-state index contributed by atoms with van der Waals surface area (Å²) in [6.07, 6.45) is 3.99. The lowest BCUT2D eigenvalue weighted by molar-refractivity contribution is 0.881. The third-order valence-corrected chi connectivity index (χ3v) is 3.69. The predicted molar refractivity (Wildman–Crippen MR) is 84.4 cm³/mol. The summed E-state index contributed by atoms with van der Waals surface area (Å²) < 4.78 is 0. The number of fused-ring (bicyclic) bond motifs is 1. The van der Waals surface area contributed by atoms with Crippen molar-refractivity contribution < 1.29 is 0 Å². The van der Waals surface area contributed by atoms with Gasteiger partial charge >= 0.3 is 0 Å². The smallest absolute Gasteiger partial charge is 0.110 e. The quantitative estimate of drug-likeness (QED) is 0.833. The van der Waals surface area contributed by atoms with E-state index in [0.29, 0.717) is 0 Å². The van der Waals surface area contributed by atoms with E-state index in [0.717, 1.165) is 30.0 Å². The van der Waals surface area contributed by atoms with E-state index in [1.165, 1.54) is 11.4 Å². The van der Waals surface area contributed by atoms with E-state index < -0.39 is 0 Å². The maximum absolute atomic E-state index is 4.43. The molecule has 0 saturated heterocycles. The van der Waals surface area contributed by atoms with Gasteiger partial charge in [-0.1, -0.05) is 32.1 Å². The summed E-state index contributed by atoms with van der Waals surface area (Å²) in [4.78, 5) is 8.74. The maximum Gasteiger partial charge on any atom is 0.110 e. The van der Waals surface area contributed by atoms with Crippen molar-refractivity contribution in [3.8, 4) is 0 Å². The van der Waals surface area contributed by atoms with Crippen LogP contribution in [0, 0.1) is 0 Å². The first-order valence-electron chi connectivity index (χ1n) is 6.99. The molecule has 1 aromatic heterocycles. The minimum atomic E-state index is 0.972. The molecule has 0 N–H and O–H groups in total. The van der Waals surface area contributed by atoms with Gasteiger partial charge in [-0.05, 0) is 30.7 Å². The summed E-state index contributed by atoms with van der Waals surface area (Å²) >= 11 is 0. The molecule has 0 radical (unpaired) electrons. The summed E-state index contributed by atoms with van der Waals surface area (Å²) in [6, 6.07) is 12.6. The van der Waals surface area contributed by atoms with Gasteiger partial charge in [0.25, 0.3) is 0 Å². The maximum atomic E-state index is 4.43. The van der Waals surface area contributed by atoms with Crippen LogP contribution < -0.4 is 9.80 Å². The minimum Gasteiger partial charge on any atom is -0.329 e. The van der Waals surface area contributed by atoms with E-state index >= 15 is 0 Å². The SMILES string of the molecule is C=C1N(C)c2ccccc2N1c1ccnc(CCC)c1. The first kappa shape index (κ1) is 12.7. The molecule has 2 heterocycles. The lowest BCUT2D eigenvalue weighted by Crippen LogP contribution is -2.20. The number of hydrogen-bond donors (Lipinski definition) is 0. The van der Waals surface area contributed by atoms with Gasteiger partial charge in [0.15, 0.2) is 0 Å². The van der Waals surface area contributed by atoms with Crippen LogP contribution in [0.1, 0.15) is 19.0 Å². The molecule has 3 heteroatoms. The zero-order chi connectivity index (χ0) is 14.1. The van der Waals surface area contributed by atoms with Crippen molar-refractivity contribution in [1.29, 1.82) is 0 Å². The molecule has 0 bridgehead atoms. The number of anilines is 3. The molecular formula is C17H19N3. The largest absolute Gasteiger partial charge is 0.329 e. The van der Waals surface area contributed by atoms with Crippen LogP contribution in [0.15, 0.2) is 55.0 Å². The predicted octanol–water partition coefficient (Wildman–Crippen LogP) is 4.09. The molecule has 1 aliphatic rings. The molecule has 0 fully saturated rings. The molecule has 2 aromatic rings. The summed E-state index contributed by atoms with van der Waals surface area (Å²) in [5, 5.41) is 0. The summed E-state index contributed by atoms with van der Waals surface area (Å²) in [5.41, 5.74) is 4.62. The van der Waals surface area contributed by atoms with Gasteiger partial charge < -0.3 is 4.90 Å². The zero-order valence-electron chi connectivity index (χ0n) is 12.0. The Hall–Kier alpha value is -2.29. The third-order valence-electron chi connectivity index (χ3n) is 3.69. The number of benzene rings is 1. The molecule has 0 aliphatic carbocycles. The second-order valence-electron chi connectivity index (χ2n) is 5.05. The van der Waals surface area contributed by atoms with Crippen LogP contribution in [0.4, 0.5) is 17.1 Å². The Bertz CT molecular complexity index is 648. The highest BCUT2D eigenvalue weighted by atomic mass is 15.4. The first-order valence-corrected chi connectivity index (χ1v) is 6.99. The van der Waals surface area contributed by atoms with E-state index in [-0.39, 0.29) is 0 Å². The van der Waals surface area contributed by atoms with Crippen LogP contribution in [-0.4, -0.2) is 12.0 Å². The summed E-state index contributed by atoms with van der Waals surface area (Å²) in [5.74, 6) is 0.972. The standard InChI is InChI=1S/C17H19N3/c1-4-7-14-12-15(10-11-18-14)20-13(2)19(3)16-8-5-6-9-17(16)20/h5-6,8-12H,2,4,7H2,1,3H3. The second-order valence-corrected chi connectivity index (χ2v) is 5.05. The number of pyridine rings is 1. The molecule has 0 spiro atoms. The van der Waals surface area contributed by atoms with Crippen molar-refractivity contribution in [2.45, 2.75) is 19.8 Å². The Kier molecular flexibility index (Phi) is 3.18. The zero-order valence-corrected chi connectivity index (χ0v) is 12.0. The molecular weight excluding hydrogens is 246 g/mol. The number of aryl methyl sites for hydroxylation is 1. The Labute approximate surface area is 120 Å². The average Bonchev–Trinajstić information content (AvgIpc) is 2.72. The first-order chi connectivity index (χ1) is 9.72. The van der Waals surface area contributed by atoms with Crippen molar-refractivity contribution in [2.75, 3.05) is 16.8 Å². The number of hydrogen-bond acceptors (Lipinski definition) is 3. The van der Waals surface area contributed by atoms with Gasteiger partial charge in [0.1, 0.15) is 5.82 Å². The van der Waals surface area contributed by atoms with Gasteiger partial charge in [0.05, 0.1) is 17.1 Å². The van der Waals surface area contributed by atoms with Crippen LogP contribution in [0.5, 0.6) is 0 Å². The van der Waals surface area contributed by atoms with E-state index in [1.807, 2.05) is 12.3 Å². The Morgan fingerprint density at radius 3 is 2.65 bits per heavy atom. The van der Waals surface area contributed by atoms with Crippen molar-refractivity contribution >= 4 is 17.1 Å². The fraction of sp³-hybridized carbons (Fsp3) is 0.235. The van der Waals surface area contributed by atoms with Gasteiger partial charge in [-0.15, -0.1) is 0 Å². The Morgan fingerprint density at radius 1 is 1.15 bits per heavy atom. The molecule has 0 amide bonds. The highest BCUT2D eigenvalue weighted by molar-refractivity contribution is 5.87. The van der Waals surface area contributed by atoms with Crippen LogP contribution >= 0.6 is 0 Å². The van der Waals surface area contributed by atoms with Crippen molar-refractivity contribution in [2.24, 2.45) is 0 Å². The minimum absolute atomic E-state index is 0.972. The van der Waals surface area contributed by atoms with Gasteiger partial charge in [0.2, 0.25) is 0 Å². The van der Waals surface area contributed by atoms with Crippen LogP contribution in [-0.2, 0) is 6.42 Å². The molecule has 1 aromatic carbocycles. The number of para-hydroxylation sites is 2. The monoisotopic (exact) mass is 265 g/mol. The summed E-state index contributed by atoms with van der Waals surface area (Å²) in [7, 11) is 2.05. The average molecular weight is 265 g/mol. The number of nitrogens with zero attached hydrogens (tertiary/aromatic N) is 3. The van der Waals surface area contributed by atoms with Crippen molar-refractivity contribution in [3.63, 3.8) is 0 Å². The van der Waals surface area contributed by atoms with Gasteiger partial charge in [-0.2, -0.15) is 0 Å². The van der Waals surface area contributed by atoms with Gasteiger partial charge in [0, 0.05) is 18.9 Å². The topological polar surface area (TPSA) is 19.4 Å². The third kappa shape index (κ3) is 1.95.